The third kappa shape index (κ3) is 2.91. The van der Waals surface area contributed by atoms with Crippen molar-refractivity contribution in [3.8, 4) is 5.75 Å². The summed E-state index contributed by atoms with van der Waals surface area (Å²) in [5.74, 6) is 6.67. The Bertz CT molecular complexity index is 547. The second-order valence-electron chi connectivity index (χ2n) is 3.54. The minimum Gasteiger partial charge on any atom is -0.495 e. The van der Waals surface area contributed by atoms with E-state index in [1.165, 1.54) is 0 Å². The Morgan fingerprint density at radius 2 is 2.11 bits per heavy atom. The van der Waals surface area contributed by atoms with Crippen LogP contribution < -0.4 is 21.3 Å². The van der Waals surface area contributed by atoms with Crippen LogP contribution in [-0.4, -0.2) is 12.1 Å². The van der Waals surface area contributed by atoms with Crippen molar-refractivity contribution in [1.82, 2.24) is 4.98 Å². The van der Waals surface area contributed by atoms with Crippen LogP contribution >= 0.6 is 15.9 Å². The molecular weight excluding hydrogens is 296 g/mol. The summed E-state index contributed by atoms with van der Waals surface area (Å²) in [5, 5.41) is 3.25. The zero-order valence-electron chi connectivity index (χ0n) is 9.77. The lowest BCUT2D eigenvalue weighted by Gasteiger charge is -2.12. The fourth-order valence-electron chi connectivity index (χ4n) is 1.52. The number of hydrogen-bond acceptors (Lipinski definition) is 5. The van der Waals surface area contributed by atoms with E-state index in [0.717, 1.165) is 21.6 Å². The lowest BCUT2D eigenvalue weighted by molar-refractivity contribution is 0.417. The number of rotatable bonds is 4. The van der Waals surface area contributed by atoms with E-state index in [0.29, 0.717) is 5.82 Å². The van der Waals surface area contributed by atoms with Gasteiger partial charge in [-0.2, -0.15) is 0 Å². The molecule has 0 aliphatic heterocycles. The Labute approximate surface area is 113 Å². The van der Waals surface area contributed by atoms with E-state index in [1.807, 2.05) is 24.3 Å². The summed E-state index contributed by atoms with van der Waals surface area (Å²) >= 11 is 3.43. The molecule has 0 saturated carbocycles. The molecule has 0 radical (unpaired) electrons. The fourth-order valence-corrected chi connectivity index (χ4v) is 1.88. The van der Waals surface area contributed by atoms with Gasteiger partial charge >= 0.3 is 0 Å². The van der Waals surface area contributed by atoms with Crippen LogP contribution in [-0.2, 0) is 0 Å². The van der Waals surface area contributed by atoms with Gasteiger partial charge in [-0.25, -0.2) is 10.8 Å². The molecule has 1 heterocycles. The topological polar surface area (TPSA) is 72.2 Å². The quantitative estimate of drug-likeness (QED) is 0.598. The minimum atomic E-state index is 0.592. The maximum absolute atomic E-state index is 5.32. The number of aromatic nitrogens is 1. The van der Waals surface area contributed by atoms with Crippen LogP contribution in [0.1, 0.15) is 0 Å². The van der Waals surface area contributed by atoms with E-state index >= 15 is 0 Å². The summed E-state index contributed by atoms with van der Waals surface area (Å²) in [7, 11) is 1.63. The van der Waals surface area contributed by atoms with E-state index in [1.54, 1.807) is 19.4 Å². The lowest BCUT2D eigenvalue weighted by atomic mass is 10.2. The summed E-state index contributed by atoms with van der Waals surface area (Å²) in [5.41, 5.74) is 4.23. The van der Waals surface area contributed by atoms with Crippen LogP contribution in [0, 0.1) is 0 Å². The average Bonchev–Trinajstić information content (AvgIpc) is 2.39. The van der Waals surface area contributed by atoms with Crippen molar-refractivity contribution in [2.45, 2.75) is 0 Å². The van der Waals surface area contributed by atoms with Gasteiger partial charge in [0, 0.05) is 22.4 Å². The number of anilines is 3. The van der Waals surface area contributed by atoms with Crippen LogP contribution in [0.5, 0.6) is 5.75 Å². The van der Waals surface area contributed by atoms with Crippen molar-refractivity contribution in [2.24, 2.45) is 5.84 Å². The van der Waals surface area contributed by atoms with Gasteiger partial charge in [0.15, 0.2) is 0 Å². The summed E-state index contributed by atoms with van der Waals surface area (Å²) < 4.78 is 6.26. The number of pyridine rings is 1. The van der Waals surface area contributed by atoms with Crippen molar-refractivity contribution in [3.63, 3.8) is 0 Å². The average molecular weight is 309 g/mol. The summed E-state index contributed by atoms with van der Waals surface area (Å²) in [4.78, 5) is 4.04. The fraction of sp³-hybridized carbons (Fsp3) is 0.0833. The van der Waals surface area contributed by atoms with Gasteiger partial charge in [-0.05, 0) is 24.3 Å². The van der Waals surface area contributed by atoms with Crippen molar-refractivity contribution >= 4 is 33.1 Å². The highest BCUT2D eigenvalue weighted by molar-refractivity contribution is 9.10. The number of methoxy groups -OCH3 is 1. The molecule has 0 amide bonds. The number of nitrogens with two attached hydrogens (primary N) is 1. The predicted molar refractivity (Wildman–Crippen MR) is 76.0 cm³/mol. The molecule has 4 N–H and O–H groups in total. The Kier molecular flexibility index (Phi) is 4.01. The van der Waals surface area contributed by atoms with Gasteiger partial charge in [0.25, 0.3) is 0 Å². The zero-order valence-corrected chi connectivity index (χ0v) is 11.4. The molecule has 0 atom stereocenters. The predicted octanol–water partition coefficient (Wildman–Crippen LogP) is 2.88. The first-order valence-electron chi connectivity index (χ1n) is 5.26. The third-order valence-electron chi connectivity index (χ3n) is 2.35. The molecule has 0 aliphatic rings. The Morgan fingerprint density at radius 3 is 2.83 bits per heavy atom. The van der Waals surface area contributed by atoms with Crippen molar-refractivity contribution in [1.29, 1.82) is 0 Å². The summed E-state index contributed by atoms with van der Waals surface area (Å²) in [6.45, 7) is 0. The van der Waals surface area contributed by atoms with E-state index in [2.05, 4.69) is 31.7 Å². The monoisotopic (exact) mass is 308 g/mol. The van der Waals surface area contributed by atoms with Crippen LogP contribution in [0.15, 0.2) is 41.0 Å². The molecule has 94 valence electrons. The number of benzene rings is 1. The molecule has 0 fully saturated rings. The first kappa shape index (κ1) is 12.7. The van der Waals surface area contributed by atoms with Crippen LogP contribution in [0.25, 0.3) is 0 Å². The number of nitrogens with one attached hydrogen (secondary N) is 2. The maximum Gasteiger partial charge on any atom is 0.142 e. The van der Waals surface area contributed by atoms with E-state index in [4.69, 9.17) is 10.6 Å². The molecule has 0 bridgehead atoms. The molecule has 1 aromatic heterocycles. The highest BCUT2D eigenvalue weighted by atomic mass is 79.9. The molecule has 18 heavy (non-hydrogen) atoms. The number of ether oxygens (including phenoxy) is 1. The van der Waals surface area contributed by atoms with Crippen LogP contribution in [0.4, 0.5) is 17.2 Å². The Hall–Kier alpha value is -1.79. The van der Waals surface area contributed by atoms with E-state index in [9.17, 15) is 0 Å². The number of nitrogen functional groups attached to an aromatic ring is 1. The normalized spacial score (nSPS) is 9.94. The molecule has 6 heteroatoms. The molecule has 2 rings (SSSR count). The molecule has 2 aromatic rings. The lowest BCUT2D eigenvalue weighted by Crippen LogP contribution is -2.08. The van der Waals surface area contributed by atoms with Gasteiger partial charge in [0.05, 0.1) is 12.8 Å². The summed E-state index contributed by atoms with van der Waals surface area (Å²) in [6.07, 6.45) is 1.67. The molecule has 0 unspecified atom stereocenters. The number of halogens is 1. The van der Waals surface area contributed by atoms with Gasteiger partial charge in [-0.15, -0.1) is 0 Å². The number of hydrazine groups is 1. The van der Waals surface area contributed by atoms with E-state index in [-0.39, 0.29) is 0 Å². The Balaban J connectivity index is 2.29. The Morgan fingerprint density at radius 1 is 1.28 bits per heavy atom. The van der Waals surface area contributed by atoms with E-state index < -0.39 is 0 Å². The second kappa shape index (κ2) is 5.70. The SMILES string of the molecule is COc1ccc(Br)cc1Nc1ccnc(NN)c1. The largest absolute Gasteiger partial charge is 0.495 e. The number of nitrogens with zero attached hydrogens (tertiary/aromatic N) is 1. The molecule has 5 nitrogen and oxygen atoms in total. The first-order valence-corrected chi connectivity index (χ1v) is 6.05. The van der Waals surface area contributed by atoms with Crippen molar-refractivity contribution in [2.75, 3.05) is 17.9 Å². The molecule has 0 spiro atoms. The number of hydrogen-bond donors (Lipinski definition) is 3. The standard InChI is InChI=1S/C12H13BrN4O/c1-18-11-3-2-8(13)6-10(11)16-9-4-5-15-12(7-9)17-14/h2-7H,14H2,1H3,(H2,15,16,17). The van der Waals surface area contributed by atoms with Gasteiger partial charge in [0.1, 0.15) is 11.6 Å². The van der Waals surface area contributed by atoms with Crippen molar-refractivity contribution in [3.05, 3.63) is 41.0 Å². The van der Waals surface area contributed by atoms with Gasteiger partial charge < -0.3 is 15.5 Å². The highest BCUT2D eigenvalue weighted by Crippen LogP contribution is 2.30. The maximum atomic E-state index is 5.32. The zero-order chi connectivity index (χ0) is 13.0. The van der Waals surface area contributed by atoms with Gasteiger partial charge in [-0.1, -0.05) is 15.9 Å². The second-order valence-corrected chi connectivity index (χ2v) is 4.46. The third-order valence-corrected chi connectivity index (χ3v) is 2.84. The first-order chi connectivity index (χ1) is 8.72. The molecule has 0 aliphatic carbocycles. The molecular formula is C12H13BrN4O. The van der Waals surface area contributed by atoms with Gasteiger partial charge in [-0.3, -0.25) is 0 Å². The molecule has 1 aromatic carbocycles. The van der Waals surface area contributed by atoms with Crippen LogP contribution in [0.2, 0.25) is 0 Å². The van der Waals surface area contributed by atoms with Crippen molar-refractivity contribution < 1.29 is 4.74 Å². The smallest absolute Gasteiger partial charge is 0.142 e. The highest BCUT2D eigenvalue weighted by Gasteiger charge is 2.04. The summed E-state index contributed by atoms with van der Waals surface area (Å²) in [6, 6.07) is 9.40. The van der Waals surface area contributed by atoms with Gasteiger partial charge in [0.2, 0.25) is 0 Å². The molecule has 0 saturated heterocycles. The van der Waals surface area contributed by atoms with Crippen LogP contribution in [0.3, 0.4) is 0 Å². The minimum absolute atomic E-state index is 0.592.